The summed E-state index contributed by atoms with van der Waals surface area (Å²) in [6, 6.07) is 5.82. The number of carbonyl (C=O) groups is 1. The van der Waals surface area contributed by atoms with Gasteiger partial charge in [-0.15, -0.1) is 0 Å². The zero-order chi connectivity index (χ0) is 15.9. The number of aliphatic hydroxyl groups excluding tert-OH is 1. The summed E-state index contributed by atoms with van der Waals surface area (Å²) in [6.07, 6.45) is 1.57. The van der Waals surface area contributed by atoms with Crippen molar-refractivity contribution in [3.63, 3.8) is 0 Å². The van der Waals surface area contributed by atoms with Gasteiger partial charge in [0.15, 0.2) is 0 Å². The minimum Gasteiger partial charge on any atom is -0.391 e. The van der Waals surface area contributed by atoms with Gasteiger partial charge in [-0.2, -0.15) is 5.10 Å². The van der Waals surface area contributed by atoms with Crippen LogP contribution in [0.1, 0.15) is 34.1 Å². The highest BCUT2D eigenvalue weighted by molar-refractivity contribution is 5.95. The number of aromatic nitrogens is 2. The van der Waals surface area contributed by atoms with E-state index < -0.39 is 6.10 Å². The van der Waals surface area contributed by atoms with Crippen LogP contribution in [0.2, 0.25) is 0 Å². The Bertz CT molecular complexity index is 696. The average Bonchev–Trinajstić information content (AvgIpc) is 3.01. The zero-order valence-electron chi connectivity index (χ0n) is 12.5. The first-order chi connectivity index (χ1) is 10.5. The average molecular weight is 303 g/mol. The molecule has 22 heavy (non-hydrogen) atoms. The van der Waals surface area contributed by atoms with Crippen LogP contribution < -0.4 is 0 Å². The summed E-state index contributed by atoms with van der Waals surface area (Å²) in [5, 5.41) is 14.2. The third kappa shape index (κ3) is 2.62. The van der Waals surface area contributed by atoms with Crippen LogP contribution in [0.3, 0.4) is 0 Å². The van der Waals surface area contributed by atoms with Crippen molar-refractivity contribution >= 4 is 5.91 Å². The summed E-state index contributed by atoms with van der Waals surface area (Å²) >= 11 is 0. The molecule has 5 nitrogen and oxygen atoms in total. The summed E-state index contributed by atoms with van der Waals surface area (Å²) < 4.78 is 14.7. The van der Waals surface area contributed by atoms with E-state index >= 15 is 0 Å². The van der Waals surface area contributed by atoms with Crippen LogP contribution in [0.5, 0.6) is 0 Å². The number of amides is 1. The zero-order valence-corrected chi connectivity index (χ0v) is 12.5. The number of aliphatic hydroxyl groups is 1. The molecule has 2 atom stereocenters. The third-order valence-electron chi connectivity index (χ3n) is 4.04. The van der Waals surface area contributed by atoms with E-state index in [0.717, 1.165) is 5.56 Å². The number of hydrogen-bond acceptors (Lipinski definition) is 3. The molecule has 1 aromatic heterocycles. The number of carbonyl (C=O) groups excluding carboxylic acids is 1. The van der Waals surface area contributed by atoms with Crippen molar-refractivity contribution in [3.8, 4) is 0 Å². The number of nitrogens with zero attached hydrogens (tertiary/aromatic N) is 3. The highest BCUT2D eigenvalue weighted by Gasteiger charge is 2.36. The molecule has 0 unspecified atom stereocenters. The molecule has 2 aromatic rings. The Labute approximate surface area is 128 Å². The number of aryl methyl sites for hydroxylation is 2. The number of halogens is 1. The summed E-state index contributed by atoms with van der Waals surface area (Å²) in [6.45, 7) is 2.06. The van der Waals surface area contributed by atoms with Crippen molar-refractivity contribution in [3.05, 3.63) is 53.1 Å². The van der Waals surface area contributed by atoms with Gasteiger partial charge in [-0.3, -0.25) is 9.48 Å². The van der Waals surface area contributed by atoms with E-state index in [9.17, 15) is 14.3 Å². The Hall–Kier alpha value is -2.21. The van der Waals surface area contributed by atoms with Gasteiger partial charge in [0, 0.05) is 19.8 Å². The molecule has 3 rings (SSSR count). The molecular weight excluding hydrogens is 285 g/mol. The molecule has 0 radical (unpaired) electrons. The second-order valence-corrected chi connectivity index (χ2v) is 5.72. The minimum atomic E-state index is -0.573. The van der Waals surface area contributed by atoms with Crippen molar-refractivity contribution in [2.45, 2.75) is 25.5 Å². The van der Waals surface area contributed by atoms with E-state index in [-0.39, 0.29) is 24.3 Å². The van der Waals surface area contributed by atoms with E-state index in [1.54, 1.807) is 41.9 Å². The molecule has 2 heterocycles. The topological polar surface area (TPSA) is 58.4 Å². The van der Waals surface area contributed by atoms with Crippen LogP contribution in [-0.2, 0) is 7.05 Å². The summed E-state index contributed by atoms with van der Waals surface area (Å²) in [5.41, 5.74) is 2.02. The largest absolute Gasteiger partial charge is 0.391 e. The van der Waals surface area contributed by atoms with Crippen molar-refractivity contribution in [1.29, 1.82) is 0 Å². The van der Waals surface area contributed by atoms with Gasteiger partial charge in [0.1, 0.15) is 5.82 Å². The maximum absolute atomic E-state index is 13.1. The molecule has 1 aromatic carbocycles. The fourth-order valence-corrected chi connectivity index (χ4v) is 3.00. The van der Waals surface area contributed by atoms with E-state index in [0.29, 0.717) is 17.7 Å². The van der Waals surface area contributed by atoms with Crippen LogP contribution >= 0.6 is 0 Å². The number of hydrogen-bond donors (Lipinski definition) is 1. The SMILES string of the molecule is Cc1nn(C)cc1C(=O)N1C[C@H](O)C[C@@H]1c1ccc(F)cc1. The second-order valence-electron chi connectivity index (χ2n) is 5.72. The lowest BCUT2D eigenvalue weighted by molar-refractivity contribution is 0.0715. The van der Waals surface area contributed by atoms with Crippen LogP contribution in [0.25, 0.3) is 0 Å². The van der Waals surface area contributed by atoms with Gasteiger partial charge in [-0.1, -0.05) is 12.1 Å². The van der Waals surface area contributed by atoms with Gasteiger partial charge in [0.25, 0.3) is 5.91 Å². The first-order valence-corrected chi connectivity index (χ1v) is 7.20. The molecule has 1 fully saturated rings. The minimum absolute atomic E-state index is 0.156. The molecule has 6 heteroatoms. The Morgan fingerprint density at radius 3 is 2.64 bits per heavy atom. The second kappa shape index (κ2) is 5.53. The molecule has 0 bridgehead atoms. The number of likely N-dealkylation sites (tertiary alicyclic amines) is 1. The third-order valence-corrected chi connectivity index (χ3v) is 4.04. The Morgan fingerprint density at radius 2 is 2.05 bits per heavy atom. The predicted molar refractivity (Wildman–Crippen MR) is 78.7 cm³/mol. The Balaban J connectivity index is 1.92. The highest BCUT2D eigenvalue weighted by atomic mass is 19.1. The number of benzene rings is 1. The highest BCUT2D eigenvalue weighted by Crippen LogP contribution is 2.33. The molecule has 1 aliphatic rings. The van der Waals surface area contributed by atoms with Crippen LogP contribution in [0.4, 0.5) is 4.39 Å². The molecule has 0 saturated carbocycles. The van der Waals surface area contributed by atoms with Gasteiger partial charge in [-0.05, 0) is 31.0 Å². The monoisotopic (exact) mass is 303 g/mol. The van der Waals surface area contributed by atoms with Crippen molar-refractivity contribution < 1.29 is 14.3 Å². The quantitative estimate of drug-likeness (QED) is 0.920. The molecule has 1 aliphatic heterocycles. The van der Waals surface area contributed by atoms with Crippen LogP contribution in [-0.4, -0.2) is 38.3 Å². The lowest BCUT2D eigenvalue weighted by Crippen LogP contribution is -2.32. The lowest BCUT2D eigenvalue weighted by atomic mass is 10.0. The Kier molecular flexibility index (Phi) is 3.70. The first kappa shape index (κ1) is 14.7. The summed E-state index contributed by atoms with van der Waals surface area (Å²) in [7, 11) is 1.76. The molecule has 1 N–H and O–H groups in total. The molecule has 1 saturated heterocycles. The standard InChI is InChI=1S/C16H18FN3O2/c1-10-14(9-19(2)18-10)16(22)20-8-13(21)7-15(20)11-3-5-12(17)6-4-11/h3-6,9,13,15,21H,7-8H2,1-2H3/t13-,15-/m1/s1. The van der Waals surface area contributed by atoms with E-state index in [2.05, 4.69) is 5.10 Å². The molecule has 0 spiro atoms. The predicted octanol–water partition coefficient (Wildman–Crippen LogP) is 1.82. The van der Waals surface area contributed by atoms with Crippen molar-refractivity contribution in [2.75, 3.05) is 6.54 Å². The first-order valence-electron chi connectivity index (χ1n) is 7.20. The fraction of sp³-hybridized carbons (Fsp3) is 0.375. The fourth-order valence-electron chi connectivity index (χ4n) is 3.00. The molecular formula is C16H18FN3O2. The number of rotatable bonds is 2. The van der Waals surface area contributed by atoms with Gasteiger partial charge >= 0.3 is 0 Å². The molecule has 1 amide bonds. The van der Waals surface area contributed by atoms with Gasteiger partial charge in [0.2, 0.25) is 0 Å². The van der Waals surface area contributed by atoms with Crippen LogP contribution in [0, 0.1) is 12.7 Å². The van der Waals surface area contributed by atoms with Crippen molar-refractivity contribution in [2.24, 2.45) is 7.05 Å². The van der Waals surface area contributed by atoms with E-state index in [4.69, 9.17) is 0 Å². The van der Waals surface area contributed by atoms with Gasteiger partial charge in [-0.25, -0.2) is 4.39 Å². The van der Waals surface area contributed by atoms with Gasteiger partial charge in [0.05, 0.1) is 23.4 Å². The molecule has 0 aliphatic carbocycles. The Morgan fingerprint density at radius 1 is 1.36 bits per heavy atom. The maximum atomic E-state index is 13.1. The maximum Gasteiger partial charge on any atom is 0.257 e. The summed E-state index contributed by atoms with van der Waals surface area (Å²) in [4.78, 5) is 14.4. The lowest BCUT2D eigenvalue weighted by Gasteiger charge is -2.24. The van der Waals surface area contributed by atoms with E-state index in [1.807, 2.05) is 0 Å². The van der Waals surface area contributed by atoms with Crippen LogP contribution in [0.15, 0.2) is 30.5 Å². The smallest absolute Gasteiger partial charge is 0.257 e. The van der Waals surface area contributed by atoms with Gasteiger partial charge < -0.3 is 10.0 Å². The van der Waals surface area contributed by atoms with Crippen molar-refractivity contribution in [1.82, 2.24) is 14.7 Å². The molecule has 116 valence electrons. The summed E-state index contributed by atoms with van der Waals surface area (Å²) in [5.74, 6) is -0.472. The van der Waals surface area contributed by atoms with E-state index in [1.165, 1.54) is 12.1 Å². The number of β-amino-alcohol motifs (C(OH)–C–C–N with tert-alkyl or cyclic N) is 1. The normalized spacial score (nSPS) is 21.4.